The molecule has 0 amide bonds. The Kier molecular flexibility index (Phi) is 3.44. The second-order valence-electron chi connectivity index (χ2n) is 4.93. The zero-order valence-electron chi connectivity index (χ0n) is 11.6. The molecular weight excluding hydrogens is 320 g/mol. The van der Waals surface area contributed by atoms with Gasteiger partial charge in [-0.25, -0.2) is 8.42 Å². The molecule has 2 aromatic rings. The number of hydrogen-bond donors (Lipinski definition) is 0. The number of nitrogens with zero attached hydrogens (tertiary/aromatic N) is 2. The maximum Gasteiger partial charge on any atom is 0.220 e. The van der Waals surface area contributed by atoms with Crippen LogP contribution in [0.1, 0.15) is 5.56 Å². The van der Waals surface area contributed by atoms with Crippen LogP contribution in [0, 0.1) is 18.3 Å². The van der Waals surface area contributed by atoms with Crippen molar-refractivity contribution in [3.8, 4) is 6.07 Å². The van der Waals surface area contributed by atoms with Gasteiger partial charge in [0, 0.05) is 16.9 Å². The molecule has 0 unspecified atom stereocenters. The van der Waals surface area contributed by atoms with E-state index < -0.39 is 9.84 Å². The lowest BCUT2D eigenvalue weighted by atomic mass is 10.2. The first kappa shape index (κ1) is 14.6. The Labute approximate surface area is 133 Å². The van der Waals surface area contributed by atoms with E-state index in [-0.39, 0.29) is 9.80 Å². The fraction of sp³-hybridized carbons (Fsp3) is 0.0625. The quantitative estimate of drug-likeness (QED) is 0.794. The predicted octanol–water partition coefficient (Wildman–Crippen LogP) is 3.94. The minimum absolute atomic E-state index is 0.0801. The molecule has 0 aliphatic carbocycles. The summed E-state index contributed by atoms with van der Waals surface area (Å²) >= 11 is 6.01. The van der Waals surface area contributed by atoms with E-state index in [2.05, 4.69) is 0 Å². The summed E-state index contributed by atoms with van der Waals surface area (Å²) in [5.74, 6) is 0. The summed E-state index contributed by atoms with van der Waals surface area (Å²) in [6.07, 6.45) is 1.33. The molecule has 0 N–H and O–H groups in total. The van der Waals surface area contributed by atoms with E-state index in [1.54, 1.807) is 17.0 Å². The third-order valence-corrected chi connectivity index (χ3v) is 5.36. The van der Waals surface area contributed by atoms with E-state index in [1.165, 1.54) is 18.3 Å². The molecule has 1 aliphatic heterocycles. The van der Waals surface area contributed by atoms with E-state index in [0.717, 1.165) is 11.3 Å². The number of rotatable bonds is 1. The molecule has 2 aromatic carbocycles. The van der Waals surface area contributed by atoms with Crippen molar-refractivity contribution in [1.29, 1.82) is 5.26 Å². The van der Waals surface area contributed by atoms with E-state index in [4.69, 9.17) is 16.9 Å². The maximum absolute atomic E-state index is 12.4. The van der Waals surface area contributed by atoms with Crippen LogP contribution >= 0.6 is 11.6 Å². The third-order valence-electron chi connectivity index (χ3n) is 3.43. The van der Waals surface area contributed by atoms with Crippen LogP contribution in [0.4, 0.5) is 11.4 Å². The summed E-state index contributed by atoms with van der Waals surface area (Å²) in [7, 11) is -3.80. The Balaban J connectivity index is 2.29. The summed E-state index contributed by atoms with van der Waals surface area (Å²) in [5, 5.41) is 9.60. The van der Waals surface area contributed by atoms with Crippen LogP contribution < -0.4 is 4.90 Å². The molecule has 3 rings (SSSR count). The molecule has 0 aromatic heterocycles. The number of halogens is 1. The Hall–Kier alpha value is -2.29. The molecule has 22 heavy (non-hydrogen) atoms. The van der Waals surface area contributed by atoms with Crippen molar-refractivity contribution in [3.05, 3.63) is 64.2 Å². The number of fused-ring (bicyclic) bond motifs is 1. The molecule has 4 nitrogen and oxygen atoms in total. The Morgan fingerprint density at radius 2 is 1.82 bits per heavy atom. The lowest BCUT2D eigenvalue weighted by molar-refractivity contribution is 0.602. The Morgan fingerprint density at radius 1 is 1.14 bits per heavy atom. The highest BCUT2D eigenvalue weighted by Gasteiger charge is 2.32. The van der Waals surface area contributed by atoms with Gasteiger partial charge in [-0.15, -0.1) is 0 Å². The summed E-state index contributed by atoms with van der Waals surface area (Å²) in [5.41, 5.74) is 2.29. The topological polar surface area (TPSA) is 61.2 Å². The molecule has 0 bridgehead atoms. The van der Waals surface area contributed by atoms with Crippen LogP contribution in [0.5, 0.6) is 0 Å². The summed E-state index contributed by atoms with van der Waals surface area (Å²) in [6, 6.07) is 13.8. The minimum Gasteiger partial charge on any atom is -0.314 e. The van der Waals surface area contributed by atoms with Gasteiger partial charge in [-0.3, -0.25) is 0 Å². The molecule has 0 radical (unpaired) electrons. The van der Waals surface area contributed by atoms with Gasteiger partial charge in [0.15, 0.2) is 4.91 Å². The van der Waals surface area contributed by atoms with Crippen molar-refractivity contribution in [1.82, 2.24) is 0 Å². The smallest absolute Gasteiger partial charge is 0.220 e. The average Bonchev–Trinajstić information content (AvgIpc) is 2.48. The molecule has 0 saturated heterocycles. The lowest BCUT2D eigenvalue weighted by Gasteiger charge is -2.27. The number of anilines is 2. The highest BCUT2D eigenvalue weighted by molar-refractivity contribution is 7.95. The largest absolute Gasteiger partial charge is 0.314 e. The van der Waals surface area contributed by atoms with Gasteiger partial charge in [0.25, 0.3) is 0 Å². The second-order valence-corrected chi connectivity index (χ2v) is 7.25. The molecule has 0 saturated carbocycles. The third kappa shape index (κ3) is 2.27. The summed E-state index contributed by atoms with van der Waals surface area (Å²) in [4.78, 5) is 1.46. The van der Waals surface area contributed by atoms with Crippen molar-refractivity contribution in [2.75, 3.05) is 4.90 Å². The van der Waals surface area contributed by atoms with Gasteiger partial charge < -0.3 is 4.90 Å². The fourth-order valence-electron chi connectivity index (χ4n) is 2.29. The number of sulfone groups is 1. The monoisotopic (exact) mass is 330 g/mol. The SMILES string of the molecule is Cc1ccc(N2C=C(C#N)S(=O)(=O)c3ccc(Cl)cc32)cc1. The van der Waals surface area contributed by atoms with E-state index in [9.17, 15) is 8.42 Å². The fourth-order valence-corrected chi connectivity index (χ4v) is 3.74. The van der Waals surface area contributed by atoms with E-state index >= 15 is 0 Å². The lowest BCUT2D eigenvalue weighted by Crippen LogP contribution is -2.21. The van der Waals surface area contributed by atoms with Gasteiger partial charge >= 0.3 is 0 Å². The Morgan fingerprint density at radius 3 is 2.45 bits per heavy atom. The normalized spacial score (nSPS) is 15.7. The van der Waals surface area contributed by atoms with Gasteiger partial charge in [0.05, 0.1) is 10.6 Å². The maximum atomic E-state index is 12.4. The van der Waals surface area contributed by atoms with Crippen molar-refractivity contribution in [2.24, 2.45) is 0 Å². The first-order valence-electron chi connectivity index (χ1n) is 6.46. The molecular formula is C16H11ClN2O2S. The molecule has 0 spiro atoms. The number of allylic oxidation sites excluding steroid dienone is 1. The second kappa shape index (κ2) is 5.16. The molecule has 1 heterocycles. The molecule has 0 atom stereocenters. The van der Waals surface area contributed by atoms with Crippen LogP contribution in [-0.2, 0) is 9.84 Å². The number of hydrogen-bond acceptors (Lipinski definition) is 4. The molecule has 110 valence electrons. The van der Waals surface area contributed by atoms with Crippen LogP contribution in [0.25, 0.3) is 0 Å². The van der Waals surface area contributed by atoms with Gasteiger partial charge in [0.1, 0.15) is 6.07 Å². The first-order valence-corrected chi connectivity index (χ1v) is 8.32. The van der Waals surface area contributed by atoms with Crippen molar-refractivity contribution < 1.29 is 8.42 Å². The number of aryl methyl sites for hydroxylation is 1. The predicted molar refractivity (Wildman–Crippen MR) is 85.7 cm³/mol. The average molecular weight is 331 g/mol. The van der Waals surface area contributed by atoms with Gasteiger partial charge in [-0.2, -0.15) is 5.26 Å². The minimum atomic E-state index is -3.80. The van der Waals surface area contributed by atoms with Gasteiger partial charge in [0.2, 0.25) is 9.84 Å². The number of nitriles is 1. The van der Waals surface area contributed by atoms with E-state index in [0.29, 0.717) is 10.7 Å². The zero-order chi connectivity index (χ0) is 15.9. The van der Waals surface area contributed by atoms with Crippen LogP contribution in [0.15, 0.2) is 58.5 Å². The number of benzene rings is 2. The first-order chi connectivity index (χ1) is 10.4. The van der Waals surface area contributed by atoms with Crippen molar-refractivity contribution in [2.45, 2.75) is 11.8 Å². The summed E-state index contributed by atoms with van der Waals surface area (Å²) in [6.45, 7) is 1.96. The van der Waals surface area contributed by atoms with Crippen LogP contribution in [0.2, 0.25) is 5.02 Å². The van der Waals surface area contributed by atoms with Crippen LogP contribution in [-0.4, -0.2) is 8.42 Å². The molecule has 6 heteroatoms. The summed E-state index contributed by atoms with van der Waals surface area (Å²) < 4.78 is 24.8. The highest BCUT2D eigenvalue weighted by Crippen LogP contribution is 2.40. The Bertz CT molecular complexity index is 926. The van der Waals surface area contributed by atoms with Crippen molar-refractivity contribution in [3.63, 3.8) is 0 Å². The van der Waals surface area contributed by atoms with E-state index in [1.807, 2.05) is 31.2 Å². The van der Waals surface area contributed by atoms with Crippen LogP contribution in [0.3, 0.4) is 0 Å². The van der Waals surface area contributed by atoms with Gasteiger partial charge in [-0.05, 0) is 37.3 Å². The van der Waals surface area contributed by atoms with Crippen molar-refractivity contribution >= 4 is 32.8 Å². The standard InChI is InChI=1S/C16H11ClN2O2S/c1-11-2-5-13(6-3-11)19-10-14(9-18)22(20,21)16-7-4-12(17)8-15(16)19/h2-8,10H,1H3. The zero-order valence-corrected chi connectivity index (χ0v) is 13.2. The highest BCUT2D eigenvalue weighted by atomic mass is 35.5. The molecule has 1 aliphatic rings. The molecule has 0 fully saturated rings. The van der Waals surface area contributed by atoms with Gasteiger partial charge in [-0.1, -0.05) is 29.3 Å².